The lowest BCUT2D eigenvalue weighted by Crippen LogP contribution is -3.00. The number of fused-ring (bicyclic) bond motifs is 1. The molecule has 0 spiro atoms. The van der Waals surface area contributed by atoms with E-state index in [1.807, 2.05) is 37.4 Å². The van der Waals surface area contributed by atoms with Crippen LogP contribution in [0.4, 0.5) is 0 Å². The molecule has 0 radical (unpaired) electrons. The van der Waals surface area contributed by atoms with Gasteiger partial charge < -0.3 is 21.7 Å². The summed E-state index contributed by atoms with van der Waals surface area (Å²) in [6, 6.07) is 12.0. The maximum absolute atomic E-state index is 6.05. The van der Waals surface area contributed by atoms with E-state index in [0.717, 1.165) is 33.4 Å². The van der Waals surface area contributed by atoms with Gasteiger partial charge in [-0.05, 0) is 37.3 Å². The minimum atomic E-state index is 0. The Morgan fingerprint density at radius 2 is 1.86 bits per heavy atom. The van der Waals surface area contributed by atoms with Crippen LogP contribution in [0.15, 0.2) is 42.6 Å². The number of hydrogen-bond donors (Lipinski definition) is 1. The highest BCUT2D eigenvalue weighted by Gasteiger charge is 2.17. The van der Waals surface area contributed by atoms with Gasteiger partial charge in [0.05, 0.1) is 11.6 Å². The second-order valence-electron chi connectivity index (χ2n) is 4.65. The first-order chi connectivity index (χ1) is 9.69. The molecular formula is C16H16BrClN2O. The Balaban J connectivity index is 0.00000161. The highest BCUT2D eigenvalue weighted by Crippen LogP contribution is 2.23. The molecular weight excluding hydrogens is 352 g/mol. The molecule has 2 aromatic heterocycles. The van der Waals surface area contributed by atoms with Crippen LogP contribution in [0.5, 0.6) is 5.75 Å². The van der Waals surface area contributed by atoms with Gasteiger partial charge in [-0.3, -0.25) is 0 Å². The first-order valence-corrected chi connectivity index (χ1v) is 6.99. The second-order valence-corrected chi connectivity index (χ2v) is 5.08. The van der Waals surface area contributed by atoms with E-state index in [1.54, 1.807) is 0 Å². The molecule has 0 atom stereocenters. The number of aryl methyl sites for hydroxylation is 1. The van der Waals surface area contributed by atoms with Crippen LogP contribution in [-0.2, 0) is 0 Å². The second kappa shape index (κ2) is 6.50. The van der Waals surface area contributed by atoms with Crippen molar-refractivity contribution in [2.24, 2.45) is 0 Å². The molecule has 21 heavy (non-hydrogen) atoms. The van der Waals surface area contributed by atoms with E-state index < -0.39 is 0 Å². The number of aromatic amines is 1. The van der Waals surface area contributed by atoms with Gasteiger partial charge in [0.2, 0.25) is 0 Å². The molecule has 3 nitrogen and oxygen atoms in total. The molecule has 5 heteroatoms. The molecule has 0 aliphatic heterocycles. The van der Waals surface area contributed by atoms with Gasteiger partial charge in [0.1, 0.15) is 11.9 Å². The Bertz CT molecular complexity index is 753. The summed E-state index contributed by atoms with van der Waals surface area (Å²) in [5, 5.41) is 0.725. The predicted octanol–water partition coefficient (Wildman–Crippen LogP) is 0.785. The van der Waals surface area contributed by atoms with Gasteiger partial charge in [-0.25, -0.2) is 4.98 Å². The molecule has 3 aromatic rings. The van der Waals surface area contributed by atoms with Crippen molar-refractivity contribution >= 4 is 17.2 Å². The van der Waals surface area contributed by atoms with E-state index in [9.17, 15) is 0 Å². The molecule has 1 aromatic carbocycles. The number of nitrogens with zero attached hydrogens (tertiary/aromatic N) is 1. The molecule has 0 saturated heterocycles. The van der Waals surface area contributed by atoms with Crippen LogP contribution >= 0.6 is 11.6 Å². The van der Waals surface area contributed by atoms with Gasteiger partial charge in [-0.2, -0.15) is 4.40 Å². The number of rotatable bonds is 3. The molecule has 0 aliphatic rings. The molecule has 0 fully saturated rings. The summed E-state index contributed by atoms with van der Waals surface area (Å²) in [7, 11) is 0. The fourth-order valence-corrected chi connectivity index (χ4v) is 2.52. The molecule has 110 valence electrons. The number of imidazole rings is 1. The Kier molecular flexibility index (Phi) is 4.91. The normalized spacial score (nSPS) is 10.4. The third-order valence-electron chi connectivity index (χ3n) is 3.34. The summed E-state index contributed by atoms with van der Waals surface area (Å²) in [5.74, 6) is 0.890. The molecule has 0 bridgehead atoms. The number of halogens is 2. The maximum atomic E-state index is 6.05. The number of hydrogen-bond acceptors (Lipinski definition) is 1. The van der Waals surface area contributed by atoms with Crippen molar-refractivity contribution in [1.82, 2.24) is 4.98 Å². The number of nitrogens with one attached hydrogen (secondary N) is 1. The van der Waals surface area contributed by atoms with Gasteiger partial charge in [0.15, 0.2) is 11.4 Å². The average molecular weight is 368 g/mol. The van der Waals surface area contributed by atoms with E-state index in [0.29, 0.717) is 6.61 Å². The predicted molar refractivity (Wildman–Crippen MR) is 80.3 cm³/mol. The molecule has 3 rings (SSSR count). The monoisotopic (exact) mass is 366 g/mol. The van der Waals surface area contributed by atoms with Gasteiger partial charge in [-0.15, -0.1) is 0 Å². The van der Waals surface area contributed by atoms with Crippen molar-refractivity contribution in [2.45, 2.75) is 13.8 Å². The van der Waals surface area contributed by atoms with E-state index in [1.165, 1.54) is 0 Å². The highest BCUT2D eigenvalue weighted by atomic mass is 79.9. The number of benzene rings is 1. The molecule has 0 amide bonds. The SMILES string of the molecule is CCOc1ccc(-c2[nH]c3ccc(Cl)c[n+]3c2C)cc1.[Br-]. The topological polar surface area (TPSA) is 29.1 Å². The fraction of sp³-hybridized carbons (Fsp3) is 0.188. The van der Waals surface area contributed by atoms with Gasteiger partial charge in [-0.1, -0.05) is 11.6 Å². The van der Waals surface area contributed by atoms with Crippen molar-refractivity contribution in [3.05, 3.63) is 53.3 Å². The first kappa shape index (κ1) is 15.9. The Hall–Kier alpha value is -1.52. The number of pyridine rings is 1. The Labute approximate surface area is 139 Å². The van der Waals surface area contributed by atoms with Crippen LogP contribution in [0.2, 0.25) is 5.02 Å². The summed E-state index contributed by atoms with van der Waals surface area (Å²) in [6.07, 6.45) is 1.92. The largest absolute Gasteiger partial charge is 1.00 e. The Morgan fingerprint density at radius 3 is 2.52 bits per heavy atom. The Morgan fingerprint density at radius 1 is 1.14 bits per heavy atom. The van der Waals surface area contributed by atoms with Crippen LogP contribution in [-0.4, -0.2) is 11.6 Å². The van der Waals surface area contributed by atoms with E-state index in [2.05, 4.69) is 28.4 Å². The van der Waals surface area contributed by atoms with E-state index >= 15 is 0 Å². The smallest absolute Gasteiger partial charge is 0.284 e. The van der Waals surface area contributed by atoms with Crippen molar-refractivity contribution in [1.29, 1.82) is 0 Å². The zero-order valence-electron chi connectivity index (χ0n) is 11.9. The van der Waals surface area contributed by atoms with Crippen LogP contribution < -0.4 is 26.1 Å². The molecule has 1 N–H and O–H groups in total. The minimum absolute atomic E-state index is 0. The van der Waals surface area contributed by atoms with Crippen LogP contribution in [0, 0.1) is 6.92 Å². The fourth-order valence-electron chi connectivity index (χ4n) is 2.36. The van der Waals surface area contributed by atoms with Crippen molar-refractivity contribution in [3.8, 4) is 17.0 Å². The summed E-state index contributed by atoms with van der Waals surface area (Å²) >= 11 is 6.05. The van der Waals surface area contributed by atoms with Crippen molar-refractivity contribution in [2.75, 3.05) is 6.61 Å². The highest BCUT2D eigenvalue weighted by molar-refractivity contribution is 6.30. The lowest BCUT2D eigenvalue weighted by atomic mass is 10.1. The molecule has 0 unspecified atom stereocenters. The van der Waals surface area contributed by atoms with Crippen LogP contribution in [0.25, 0.3) is 16.9 Å². The lowest BCUT2D eigenvalue weighted by molar-refractivity contribution is -0.517. The first-order valence-electron chi connectivity index (χ1n) is 6.62. The van der Waals surface area contributed by atoms with E-state index in [4.69, 9.17) is 16.3 Å². The molecule has 2 heterocycles. The third-order valence-corrected chi connectivity index (χ3v) is 3.57. The molecule has 0 aliphatic carbocycles. The maximum Gasteiger partial charge on any atom is 0.284 e. The number of H-pyrrole nitrogens is 1. The van der Waals surface area contributed by atoms with E-state index in [-0.39, 0.29) is 17.0 Å². The van der Waals surface area contributed by atoms with Crippen molar-refractivity contribution < 1.29 is 26.1 Å². The number of aromatic nitrogens is 2. The zero-order chi connectivity index (χ0) is 14.1. The third kappa shape index (κ3) is 3.06. The minimum Gasteiger partial charge on any atom is -1.00 e. The quantitative estimate of drug-likeness (QED) is 0.681. The summed E-state index contributed by atoms with van der Waals surface area (Å²) in [6.45, 7) is 4.74. The van der Waals surface area contributed by atoms with Crippen LogP contribution in [0.3, 0.4) is 0 Å². The van der Waals surface area contributed by atoms with Gasteiger partial charge >= 0.3 is 0 Å². The summed E-state index contributed by atoms with van der Waals surface area (Å²) in [4.78, 5) is 3.42. The summed E-state index contributed by atoms with van der Waals surface area (Å²) in [5.41, 5.74) is 4.38. The molecule has 0 saturated carbocycles. The summed E-state index contributed by atoms with van der Waals surface area (Å²) < 4.78 is 7.53. The standard InChI is InChI=1S/C16H15ClN2O.BrH/c1-3-20-14-7-4-12(5-8-14)16-11(2)19-10-13(17)6-9-15(19)18-16;/h4-10H,3H2,1-2H3;1H. The van der Waals surface area contributed by atoms with Crippen molar-refractivity contribution in [3.63, 3.8) is 0 Å². The number of ether oxygens (including phenoxy) is 1. The van der Waals surface area contributed by atoms with Crippen LogP contribution in [0.1, 0.15) is 12.6 Å². The zero-order valence-corrected chi connectivity index (χ0v) is 14.2. The van der Waals surface area contributed by atoms with Gasteiger partial charge in [0.25, 0.3) is 5.65 Å². The van der Waals surface area contributed by atoms with Gasteiger partial charge in [0, 0.05) is 18.6 Å². The lowest BCUT2D eigenvalue weighted by Gasteiger charge is -2.02. The average Bonchev–Trinajstić information content (AvgIpc) is 2.77.